The van der Waals surface area contributed by atoms with Gasteiger partial charge in [0, 0.05) is 30.5 Å². The van der Waals surface area contributed by atoms with Crippen LogP contribution in [0.3, 0.4) is 0 Å². The molecule has 5 nitrogen and oxygen atoms in total. The average molecular weight is 270 g/mol. The molecule has 0 spiro atoms. The van der Waals surface area contributed by atoms with Crippen molar-refractivity contribution in [3.8, 4) is 0 Å². The smallest absolute Gasteiger partial charge is 0.244 e. The molecular formula is C12H22N4OS. The summed E-state index contributed by atoms with van der Waals surface area (Å²) in [5, 5.41) is 3.83. The minimum atomic E-state index is -0.266. The molecule has 1 aromatic heterocycles. The summed E-state index contributed by atoms with van der Waals surface area (Å²) in [7, 11) is 0. The minimum absolute atomic E-state index is 0.0984. The Morgan fingerprint density at radius 3 is 2.39 bits per heavy atom. The van der Waals surface area contributed by atoms with Gasteiger partial charge in [-0.05, 0) is 20.8 Å². The summed E-state index contributed by atoms with van der Waals surface area (Å²) in [4.78, 5) is 18.2. The van der Waals surface area contributed by atoms with Crippen LogP contribution in [-0.2, 0) is 4.79 Å². The van der Waals surface area contributed by atoms with E-state index in [0.29, 0.717) is 11.0 Å². The van der Waals surface area contributed by atoms with E-state index in [0.717, 1.165) is 18.9 Å². The highest BCUT2D eigenvalue weighted by atomic mass is 32.1. The van der Waals surface area contributed by atoms with Gasteiger partial charge < -0.3 is 10.2 Å². The monoisotopic (exact) mass is 270 g/mol. The summed E-state index contributed by atoms with van der Waals surface area (Å²) in [6.07, 6.45) is 0. The van der Waals surface area contributed by atoms with E-state index in [4.69, 9.17) is 0 Å². The molecule has 6 heteroatoms. The summed E-state index contributed by atoms with van der Waals surface area (Å²) in [6.45, 7) is 11.4. The fourth-order valence-electron chi connectivity index (χ4n) is 1.58. The molecule has 0 aliphatic carbocycles. The van der Waals surface area contributed by atoms with Crippen LogP contribution in [0.5, 0.6) is 0 Å². The molecule has 0 saturated heterocycles. The molecule has 1 unspecified atom stereocenters. The molecule has 0 aliphatic rings. The first-order chi connectivity index (χ1) is 8.49. The summed E-state index contributed by atoms with van der Waals surface area (Å²) in [5.74, 6) is 1.23. The summed E-state index contributed by atoms with van der Waals surface area (Å²) in [6, 6.07) is -0.266. The Kier molecular flexibility index (Phi) is 5.53. The maximum atomic E-state index is 12.1. The first-order valence-corrected chi connectivity index (χ1v) is 7.15. The number of carbonyl (C=O) groups excluding carboxylic acids is 1. The fourth-order valence-corrected chi connectivity index (χ4v) is 2.38. The van der Waals surface area contributed by atoms with Crippen LogP contribution in [0.2, 0.25) is 0 Å². The lowest BCUT2D eigenvalue weighted by atomic mass is 10.2. The van der Waals surface area contributed by atoms with E-state index in [2.05, 4.69) is 28.5 Å². The molecule has 1 N–H and O–H groups in total. The standard InChI is InChI=1S/C12H22N4OS/c1-6-16(7-2)11(17)9(5)13-12-14-10(8(3)4)15-18-12/h8-9H,6-7H2,1-5H3,(H,13,14,15). The molecule has 0 bridgehead atoms. The van der Waals surface area contributed by atoms with Crippen molar-refractivity contribution in [1.29, 1.82) is 0 Å². The topological polar surface area (TPSA) is 58.1 Å². The second kappa shape index (κ2) is 6.68. The van der Waals surface area contributed by atoms with E-state index in [1.54, 1.807) is 0 Å². The third kappa shape index (κ3) is 3.66. The van der Waals surface area contributed by atoms with Crippen molar-refractivity contribution in [1.82, 2.24) is 14.3 Å². The molecule has 1 heterocycles. The lowest BCUT2D eigenvalue weighted by Gasteiger charge is -2.23. The Hall–Kier alpha value is -1.17. The van der Waals surface area contributed by atoms with E-state index in [-0.39, 0.29) is 11.9 Å². The Bertz CT molecular complexity index is 387. The van der Waals surface area contributed by atoms with Gasteiger partial charge >= 0.3 is 0 Å². The van der Waals surface area contributed by atoms with Gasteiger partial charge in [0.05, 0.1) is 0 Å². The quantitative estimate of drug-likeness (QED) is 0.862. The van der Waals surface area contributed by atoms with Gasteiger partial charge in [-0.1, -0.05) is 13.8 Å². The molecule has 102 valence electrons. The highest BCUT2D eigenvalue weighted by Gasteiger charge is 2.19. The summed E-state index contributed by atoms with van der Waals surface area (Å²) >= 11 is 1.31. The van der Waals surface area contributed by atoms with Gasteiger partial charge in [0.25, 0.3) is 0 Å². The number of hydrogen-bond acceptors (Lipinski definition) is 5. The number of anilines is 1. The summed E-state index contributed by atoms with van der Waals surface area (Å²) in [5.41, 5.74) is 0. The molecular weight excluding hydrogens is 248 g/mol. The number of nitrogens with one attached hydrogen (secondary N) is 1. The van der Waals surface area contributed by atoms with Crippen molar-refractivity contribution in [3.63, 3.8) is 0 Å². The van der Waals surface area contributed by atoms with Crippen LogP contribution >= 0.6 is 11.5 Å². The van der Waals surface area contributed by atoms with E-state index in [1.807, 2.05) is 25.7 Å². The van der Waals surface area contributed by atoms with E-state index < -0.39 is 0 Å². The minimum Gasteiger partial charge on any atom is -0.349 e. The maximum Gasteiger partial charge on any atom is 0.244 e. The van der Waals surface area contributed by atoms with Crippen LogP contribution in [0, 0.1) is 0 Å². The van der Waals surface area contributed by atoms with E-state index in [9.17, 15) is 4.79 Å². The predicted molar refractivity (Wildman–Crippen MR) is 75.0 cm³/mol. The molecule has 0 aromatic carbocycles. The normalized spacial score (nSPS) is 12.6. The molecule has 1 rings (SSSR count). The van der Waals surface area contributed by atoms with Gasteiger partial charge in [0.1, 0.15) is 11.9 Å². The Morgan fingerprint density at radius 1 is 1.33 bits per heavy atom. The molecule has 0 fully saturated rings. The zero-order chi connectivity index (χ0) is 13.7. The van der Waals surface area contributed by atoms with E-state index in [1.165, 1.54) is 11.5 Å². The Balaban J connectivity index is 2.63. The maximum absolute atomic E-state index is 12.1. The van der Waals surface area contributed by atoms with Gasteiger partial charge in [0.2, 0.25) is 11.0 Å². The largest absolute Gasteiger partial charge is 0.349 e. The number of hydrogen-bond donors (Lipinski definition) is 1. The lowest BCUT2D eigenvalue weighted by molar-refractivity contribution is -0.131. The van der Waals surface area contributed by atoms with Crippen LogP contribution in [0.1, 0.15) is 46.4 Å². The van der Waals surface area contributed by atoms with Crippen molar-refractivity contribution >= 4 is 22.6 Å². The molecule has 0 saturated carbocycles. The van der Waals surface area contributed by atoms with Crippen LogP contribution in [-0.4, -0.2) is 39.3 Å². The fraction of sp³-hybridized carbons (Fsp3) is 0.750. The number of likely N-dealkylation sites (N-methyl/N-ethyl adjacent to an activating group) is 1. The number of amides is 1. The summed E-state index contributed by atoms with van der Waals surface area (Å²) < 4.78 is 4.26. The average Bonchev–Trinajstić information content (AvgIpc) is 2.79. The third-order valence-electron chi connectivity index (χ3n) is 2.74. The Labute approximate surface area is 113 Å². The predicted octanol–water partition coefficient (Wildman–Crippen LogP) is 2.33. The molecule has 0 aliphatic heterocycles. The lowest BCUT2D eigenvalue weighted by Crippen LogP contribution is -2.41. The van der Waals surface area contributed by atoms with Gasteiger partial charge in [-0.3, -0.25) is 4.79 Å². The molecule has 1 atom stereocenters. The van der Waals surface area contributed by atoms with Crippen molar-refractivity contribution in [2.75, 3.05) is 18.4 Å². The van der Waals surface area contributed by atoms with Crippen LogP contribution in [0.4, 0.5) is 5.13 Å². The van der Waals surface area contributed by atoms with Gasteiger partial charge in [0.15, 0.2) is 0 Å². The third-order valence-corrected chi connectivity index (χ3v) is 3.40. The second-order valence-electron chi connectivity index (χ2n) is 4.49. The molecule has 18 heavy (non-hydrogen) atoms. The second-order valence-corrected chi connectivity index (χ2v) is 5.24. The molecule has 0 radical (unpaired) electrons. The number of aromatic nitrogens is 2. The Morgan fingerprint density at radius 2 is 1.94 bits per heavy atom. The highest BCUT2D eigenvalue weighted by Crippen LogP contribution is 2.18. The highest BCUT2D eigenvalue weighted by molar-refractivity contribution is 7.09. The zero-order valence-electron chi connectivity index (χ0n) is 11.7. The van der Waals surface area contributed by atoms with Crippen molar-refractivity contribution < 1.29 is 4.79 Å². The zero-order valence-corrected chi connectivity index (χ0v) is 12.5. The first kappa shape index (κ1) is 14.9. The number of rotatable bonds is 6. The SMILES string of the molecule is CCN(CC)C(=O)C(C)Nc1nc(C(C)C)ns1. The molecule has 1 amide bonds. The van der Waals surface area contributed by atoms with Gasteiger partial charge in [-0.25, -0.2) is 4.98 Å². The van der Waals surface area contributed by atoms with Gasteiger partial charge in [-0.2, -0.15) is 4.37 Å². The van der Waals surface area contributed by atoms with E-state index >= 15 is 0 Å². The number of nitrogens with zero attached hydrogens (tertiary/aromatic N) is 3. The van der Waals surface area contributed by atoms with Crippen LogP contribution < -0.4 is 5.32 Å². The van der Waals surface area contributed by atoms with Crippen molar-refractivity contribution in [2.24, 2.45) is 0 Å². The van der Waals surface area contributed by atoms with Crippen LogP contribution in [0.25, 0.3) is 0 Å². The van der Waals surface area contributed by atoms with Crippen LogP contribution in [0.15, 0.2) is 0 Å². The van der Waals surface area contributed by atoms with Gasteiger partial charge in [-0.15, -0.1) is 0 Å². The van der Waals surface area contributed by atoms with Crippen molar-refractivity contribution in [3.05, 3.63) is 5.82 Å². The van der Waals surface area contributed by atoms with Crippen molar-refractivity contribution in [2.45, 2.75) is 46.6 Å². The molecule has 1 aromatic rings. The number of carbonyl (C=O) groups is 1. The first-order valence-electron chi connectivity index (χ1n) is 6.38.